The molecule has 1 heterocycles. The van der Waals surface area contributed by atoms with Gasteiger partial charge in [-0.25, -0.2) is 26.5 Å². The second-order valence-corrected chi connectivity index (χ2v) is 9.91. The zero-order valence-corrected chi connectivity index (χ0v) is 18.8. The summed E-state index contributed by atoms with van der Waals surface area (Å²) in [5, 5.41) is 33.2. The number of amides is 1. The molecule has 1 amide bonds. The predicted molar refractivity (Wildman–Crippen MR) is 114 cm³/mol. The molecule has 2 rings (SSSR count). The third-order valence-electron chi connectivity index (χ3n) is 4.54. The fourth-order valence-electron chi connectivity index (χ4n) is 2.79. The lowest BCUT2D eigenvalue weighted by Crippen LogP contribution is -2.50. The molecule has 1 aromatic carbocycles. The Kier molecular flexibility index (Phi) is 8.62. The molecule has 0 aliphatic rings. The van der Waals surface area contributed by atoms with Gasteiger partial charge in [0.05, 0.1) is 24.5 Å². The number of aliphatic hydroxyl groups excluding tert-OH is 2. The van der Waals surface area contributed by atoms with Crippen molar-refractivity contribution >= 4 is 32.4 Å². The lowest BCUT2D eigenvalue weighted by Gasteiger charge is -2.27. The molecule has 13 heteroatoms. The van der Waals surface area contributed by atoms with Gasteiger partial charge in [0.15, 0.2) is 5.13 Å². The zero-order chi connectivity index (χ0) is 24.1. The van der Waals surface area contributed by atoms with Crippen LogP contribution in [0.15, 0.2) is 23.6 Å². The number of nitriles is 1. The van der Waals surface area contributed by atoms with E-state index in [1.807, 2.05) is 6.07 Å². The molecule has 0 saturated heterocycles. The highest BCUT2D eigenvalue weighted by Gasteiger charge is 2.29. The van der Waals surface area contributed by atoms with Gasteiger partial charge in [0.25, 0.3) is 5.91 Å². The molecule has 1 aromatic heterocycles. The smallest absolute Gasteiger partial charge is 0.271 e. The molecule has 0 aliphatic carbocycles. The van der Waals surface area contributed by atoms with E-state index in [0.717, 1.165) is 34.0 Å². The molecule has 0 bridgehead atoms. The number of nitrogens with one attached hydrogen (secondary N) is 1. The number of aliphatic hydroxyl groups is 2. The first-order valence-electron chi connectivity index (χ1n) is 9.30. The first-order valence-corrected chi connectivity index (χ1v) is 12.0. The van der Waals surface area contributed by atoms with E-state index < -0.39 is 45.8 Å². The fourth-order valence-corrected chi connectivity index (χ4v) is 4.32. The molecule has 3 N–H and O–H groups in total. The van der Waals surface area contributed by atoms with Crippen molar-refractivity contribution < 1.29 is 32.2 Å². The van der Waals surface area contributed by atoms with Gasteiger partial charge in [-0.3, -0.25) is 4.79 Å². The number of halogens is 2. The van der Waals surface area contributed by atoms with Gasteiger partial charge < -0.3 is 15.5 Å². The number of carbonyl (C=O) groups excluding carboxylic acids is 1. The van der Waals surface area contributed by atoms with Gasteiger partial charge in [0.1, 0.15) is 23.4 Å². The summed E-state index contributed by atoms with van der Waals surface area (Å²) in [6, 6.07) is 3.37. The molecule has 0 saturated carbocycles. The van der Waals surface area contributed by atoms with Crippen LogP contribution >= 0.6 is 11.3 Å². The van der Waals surface area contributed by atoms with Gasteiger partial charge in [-0.15, -0.1) is 11.3 Å². The highest BCUT2D eigenvalue weighted by atomic mass is 32.2. The zero-order valence-electron chi connectivity index (χ0n) is 17.2. The second kappa shape index (κ2) is 10.8. The number of benzene rings is 1. The van der Waals surface area contributed by atoms with E-state index in [1.54, 1.807) is 0 Å². The Morgan fingerprint density at radius 3 is 2.50 bits per heavy atom. The maximum Gasteiger partial charge on any atom is 0.271 e. The molecular formula is C19H22F2N4O5S2. The molecule has 3 atom stereocenters. The molecule has 0 spiro atoms. The fraction of sp³-hybridized carbons (Fsp3) is 0.421. The van der Waals surface area contributed by atoms with Crippen LogP contribution in [-0.4, -0.2) is 61.1 Å². The number of carbonyl (C=O) groups is 1. The van der Waals surface area contributed by atoms with Crippen LogP contribution in [0, 0.1) is 23.0 Å². The van der Waals surface area contributed by atoms with E-state index in [-0.39, 0.29) is 35.7 Å². The Hall–Kier alpha value is -2.66. The lowest BCUT2D eigenvalue weighted by molar-refractivity contribution is -0.00648. The summed E-state index contributed by atoms with van der Waals surface area (Å²) in [4.78, 5) is 16.6. The van der Waals surface area contributed by atoms with Crippen molar-refractivity contribution in [3.63, 3.8) is 0 Å². The van der Waals surface area contributed by atoms with Crippen molar-refractivity contribution in [2.75, 3.05) is 17.6 Å². The number of aromatic nitrogens is 1. The van der Waals surface area contributed by atoms with Gasteiger partial charge >= 0.3 is 0 Å². The number of anilines is 1. The molecule has 2 aromatic rings. The van der Waals surface area contributed by atoms with E-state index in [0.29, 0.717) is 6.07 Å². The van der Waals surface area contributed by atoms with Gasteiger partial charge in [-0.1, -0.05) is 0 Å². The van der Waals surface area contributed by atoms with Crippen LogP contribution < -0.4 is 9.62 Å². The largest absolute Gasteiger partial charge is 0.390 e. The summed E-state index contributed by atoms with van der Waals surface area (Å²) in [6.45, 7) is 0. The minimum atomic E-state index is -3.59. The molecule has 9 nitrogen and oxygen atoms in total. The minimum absolute atomic E-state index is 0.0380. The Morgan fingerprint density at radius 1 is 1.31 bits per heavy atom. The van der Waals surface area contributed by atoms with Crippen molar-refractivity contribution in [3.8, 4) is 6.07 Å². The van der Waals surface area contributed by atoms with Gasteiger partial charge in [-0.05, 0) is 30.5 Å². The quantitative estimate of drug-likeness (QED) is 0.456. The maximum atomic E-state index is 13.6. The van der Waals surface area contributed by atoms with Crippen molar-refractivity contribution in [3.05, 3.63) is 46.5 Å². The monoisotopic (exact) mass is 488 g/mol. The van der Waals surface area contributed by atoms with Crippen molar-refractivity contribution in [2.45, 2.75) is 37.5 Å². The van der Waals surface area contributed by atoms with Crippen LogP contribution in [0.3, 0.4) is 0 Å². The average Bonchev–Trinajstić information content (AvgIpc) is 3.19. The maximum absolute atomic E-state index is 13.6. The summed E-state index contributed by atoms with van der Waals surface area (Å²) in [5.41, 5.74) is -0.0234. The van der Waals surface area contributed by atoms with E-state index in [2.05, 4.69) is 10.3 Å². The highest BCUT2D eigenvalue weighted by Crippen LogP contribution is 2.22. The van der Waals surface area contributed by atoms with E-state index in [9.17, 15) is 32.2 Å². The number of hydrogen-bond donors (Lipinski definition) is 3. The standard InChI is InChI=1S/C19H22F2N4O5S2/c1-25(32(2,29)30)19-24-15(10-31-19)18(28)23-14(17(27)16(26)4-3-5-22)8-11-6-12(20)9-13(21)7-11/h6-7,9-10,14,16-17,26-27H,3-4,8H2,1-2H3,(H,23,28). The molecule has 0 aliphatic heterocycles. The average molecular weight is 489 g/mol. The summed E-state index contributed by atoms with van der Waals surface area (Å²) < 4.78 is 51.3. The molecule has 32 heavy (non-hydrogen) atoms. The molecule has 0 radical (unpaired) electrons. The first kappa shape index (κ1) is 25.6. The van der Waals surface area contributed by atoms with Crippen molar-refractivity contribution in [1.82, 2.24) is 10.3 Å². The Bertz CT molecular complexity index is 1080. The Labute approximate surface area is 188 Å². The van der Waals surface area contributed by atoms with E-state index in [1.165, 1.54) is 12.4 Å². The predicted octanol–water partition coefficient (Wildman–Crippen LogP) is 1.18. The van der Waals surface area contributed by atoms with Crippen molar-refractivity contribution in [1.29, 1.82) is 5.26 Å². The van der Waals surface area contributed by atoms with E-state index >= 15 is 0 Å². The number of thiazole rings is 1. The van der Waals surface area contributed by atoms with Gasteiger partial charge in [0, 0.05) is 24.9 Å². The number of sulfonamides is 1. The summed E-state index contributed by atoms with van der Waals surface area (Å²) in [7, 11) is -2.32. The Balaban J connectivity index is 2.26. The topological polar surface area (TPSA) is 144 Å². The molecule has 174 valence electrons. The molecule has 3 unspecified atom stereocenters. The van der Waals surface area contributed by atoms with Crippen molar-refractivity contribution in [2.24, 2.45) is 0 Å². The normalized spacial score (nSPS) is 14.3. The lowest BCUT2D eigenvalue weighted by atomic mass is 9.95. The third-order valence-corrected chi connectivity index (χ3v) is 6.74. The van der Waals surface area contributed by atoms with Crippen LogP contribution in [0.25, 0.3) is 0 Å². The summed E-state index contributed by atoms with van der Waals surface area (Å²) >= 11 is 0.901. The first-order chi connectivity index (χ1) is 14.9. The molecular weight excluding hydrogens is 466 g/mol. The van der Waals surface area contributed by atoms with Gasteiger partial charge in [-0.2, -0.15) is 5.26 Å². The van der Waals surface area contributed by atoms with Crippen LogP contribution in [0.4, 0.5) is 13.9 Å². The Morgan fingerprint density at radius 2 is 1.94 bits per heavy atom. The number of hydrogen-bond acceptors (Lipinski definition) is 8. The summed E-state index contributed by atoms with van der Waals surface area (Å²) in [5.74, 6) is -2.49. The molecule has 0 fully saturated rings. The SMILES string of the molecule is CN(c1nc(C(=O)NC(Cc2cc(F)cc(F)c2)C(O)C(O)CCC#N)cs1)S(C)(=O)=O. The highest BCUT2D eigenvalue weighted by molar-refractivity contribution is 7.92. The summed E-state index contributed by atoms with van der Waals surface area (Å²) in [6.07, 6.45) is -2.34. The number of nitrogens with zero attached hydrogens (tertiary/aromatic N) is 3. The minimum Gasteiger partial charge on any atom is -0.390 e. The van der Waals surface area contributed by atoms with Crippen LogP contribution in [0.2, 0.25) is 0 Å². The van der Waals surface area contributed by atoms with Crippen LogP contribution in [0.1, 0.15) is 28.9 Å². The second-order valence-electron chi connectivity index (χ2n) is 7.06. The van der Waals surface area contributed by atoms with Crippen LogP contribution in [-0.2, 0) is 16.4 Å². The third kappa shape index (κ3) is 6.92. The number of rotatable bonds is 10. The van der Waals surface area contributed by atoms with E-state index in [4.69, 9.17) is 5.26 Å². The van der Waals surface area contributed by atoms with Gasteiger partial charge in [0.2, 0.25) is 10.0 Å². The van der Waals surface area contributed by atoms with Crippen LogP contribution in [0.5, 0.6) is 0 Å².